The van der Waals surface area contributed by atoms with E-state index in [1.807, 2.05) is 13.1 Å². The summed E-state index contributed by atoms with van der Waals surface area (Å²) in [5.74, 6) is 0. The molecule has 0 aromatic carbocycles. The Hall–Kier alpha value is -1.26. The molecule has 0 aliphatic carbocycles. The van der Waals surface area contributed by atoms with Gasteiger partial charge in [-0.15, -0.1) is 0 Å². The average Bonchev–Trinajstić information content (AvgIpc) is 2.74. The summed E-state index contributed by atoms with van der Waals surface area (Å²) < 4.78 is 0. The first-order chi connectivity index (χ1) is 6.92. The van der Waals surface area contributed by atoms with E-state index in [4.69, 9.17) is 0 Å². The molecule has 0 spiro atoms. The van der Waals surface area contributed by atoms with Gasteiger partial charge in [-0.3, -0.25) is 0 Å². The second kappa shape index (κ2) is 4.30. The smallest absolute Gasteiger partial charge is 0.0598 e. The van der Waals surface area contributed by atoms with Crippen LogP contribution in [0.2, 0.25) is 0 Å². The summed E-state index contributed by atoms with van der Waals surface area (Å²) in [6.45, 7) is 0. The van der Waals surface area contributed by atoms with E-state index in [0.717, 1.165) is 5.56 Å². The molecule has 0 fully saturated rings. The van der Waals surface area contributed by atoms with Gasteiger partial charge in [0, 0.05) is 6.20 Å². The molecule has 4 heteroatoms. The summed E-state index contributed by atoms with van der Waals surface area (Å²) in [5, 5.41) is 15.1. The molecule has 1 N–H and O–H groups in total. The average molecular weight is 205 g/mol. The molecule has 0 aliphatic heterocycles. The molecule has 14 heavy (non-hydrogen) atoms. The van der Waals surface area contributed by atoms with E-state index in [1.165, 1.54) is 5.56 Å². The molecule has 2 rings (SSSR count). The van der Waals surface area contributed by atoms with Gasteiger partial charge in [-0.25, -0.2) is 0 Å². The molecule has 0 amide bonds. The molecule has 0 saturated heterocycles. The first kappa shape index (κ1) is 9.30. The highest BCUT2D eigenvalue weighted by molar-refractivity contribution is 7.08. The number of hydrogen-bond acceptors (Lipinski definition) is 4. The molecule has 1 unspecified atom stereocenters. The van der Waals surface area contributed by atoms with Gasteiger partial charge < -0.3 is 5.32 Å². The topological polar surface area (TPSA) is 37.8 Å². The quantitative estimate of drug-likeness (QED) is 0.831. The molecular weight excluding hydrogens is 194 g/mol. The van der Waals surface area contributed by atoms with E-state index in [1.54, 1.807) is 23.7 Å². The predicted octanol–water partition coefficient (Wildman–Crippen LogP) is 1.85. The molecule has 2 aromatic rings. The maximum Gasteiger partial charge on any atom is 0.0598 e. The van der Waals surface area contributed by atoms with Crippen LogP contribution in [0.15, 0.2) is 35.3 Å². The van der Waals surface area contributed by atoms with Crippen molar-refractivity contribution >= 4 is 11.3 Å². The van der Waals surface area contributed by atoms with Crippen LogP contribution in [0.4, 0.5) is 0 Å². The van der Waals surface area contributed by atoms with Gasteiger partial charge >= 0.3 is 0 Å². The van der Waals surface area contributed by atoms with Crippen LogP contribution in [0.5, 0.6) is 0 Å². The van der Waals surface area contributed by atoms with E-state index < -0.39 is 0 Å². The summed E-state index contributed by atoms with van der Waals surface area (Å²) in [6.07, 6.45) is 3.50. The Labute approximate surface area is 86.8 Å². The molecule has 0 radical (unpaired) electrons. The predicted molar refractivity (Wildman–Crippen MR) is 57.3 cm³/mol. The van der Waals surface area contributed by atoms with Crippen LogP contribution in [-0.4, -0.2) is 17.2 Å². The number of rotatable bonds is 3. The van der Waals surface area contributed by atoms with Crippen molar-refractivity contribution in [2.24, 2.45) is 0 Å². The summed E-state index contributed by atoms with van der Waals surface area (Å²) in [6, 6.07) is 4.31. The van der Waals surface area contributed by atoms with E-state index >= 15 is 0 Å². The zero-order valence-corrected chi connectivity index (χ0v) is 8.66. The van der Waals surface area contributed by atoms with E-state index in [0.29, 0.717) is 0 Å². The van der Waals surface area contributed by atoms with Gasteiger partial charge in [0.05, 0.1) is 12.2 Å². The summed E-state index contributed by atoms with van der Waals surface area (Å²) in [7, 11) is 1.95. The maximum atomic E-state index is 3.88. The molecule has 0 bridgehead atoms. The van der Waals surface area contributed by atoms with Gasteiger partial charge in [-0.05, 0) is 41.1 Å². The molecule has 2 heterocycles. The number of aromatic nitrogens is 2. The van der Waals surface area contributed by atoms with E-state index in [9.17, 15) is 0 Å². The number of thiophene rings is 1. The van der Waals surface area contributed by atoms with Crippen molar-refractivity contribution in [1.82, 2.24) is 15.5 Å². The Morgan fingerprint density at radius 2 is 2.21 bits per heavy atom. The number of nitrogens with one attached hydrogen (secondary N) is 1. The Morgan fingerprint density at radius 3 is 2.79 bits per heavy atom. The van der Waals surface area contributed by atoms with Crippen molar-refractivity contribution in [3.05, 3.63) is 46.4 Å². The molecule has 3 nitrogen and oxygen atoms in total. The fraction of sp³-hybridized carbons (Fsp3) is 0.200. The number of nitrogens with zero attached hydrogens (tertiary/aromatic N) is 2. The highest BCUT2D eigenvalue weighted by atomic mass is 32.1. The van der Waals surface area contributed by atoms with Crippen LogP contribution in [0.25, 0.3) is 0 Å². The Bertz CT molecular complexity index is 372. The lowest BCUT2D eigenvalue weighted by atomic mass is 10.0. The van der Waals surface area contributed by atoms with Crippen molar-refractivity contribution in [1.29, 1.82) is 0 Å². The van der Waals surface area contributed by atoms with E-state index in [2.05, 4.69) is 32.3 Å². The van der Waals surface area contributed by atoms with Crippen LogP contribution in [0.3, 0.4) is 0 Å². The number of hydrogen-bond donors (Lipinski definition) is 1. The van der Waals surface area contributed by atoms with Crippen LogP contribution < -0.4 is 5.32 Å². The van der Waals surface area contributed by atoms with Crippen molar-refractivity contribution in [3.8, 4) is 0 Å². The van der Waals surface area contributed by atoms with Crippen molar-refractivity contribution in [3.63, 3.8) is 0 Å². The lowest BCUT2D eigenvalue weighted by Crippen LogP contribution is -2.17. The van der Waals surface area contributed by atoms with Gasteiger partial charge in [0.25, 0.3) is 0 Å². The molecule has 1 atom stereocenters. The van der Waals surface area contributed by atoms with Crippen molar-refractivity contribution in [2.45, 2.75) is 6.04 Å². The van der Waals surface area contributed by atoms with Crippen molar-refractivity contribution < 1.29 is 0 Å². The minimum absolute atomic E-state index is 0.219. The third-order valence-corrected chi connectivity index (χ3v) is 2.81. The monoisotopic (exact) mass is 205 g/mol. The third-order valence-electron chi connectivity index (χ3n) is 2.11. The van der Waals surface area contributed by atoms with Crippen LogP contribution in [-0.2, 0) is 0 Å². The largest absolute Gasteiger partial charge is 0.309 e. The second-order valence-corrected chi connectivity index (χ2v) is 3.73. The highest BCUT2D eigenvalue weighted by Crippen LogP contribution is 2.22. The zero-order chi connectivity index (χ0) is 9.80. The molecule has 72 valence electrons. The van der Waals surface area contributed by atoms with Crippen LogP contribution in [0.1, 0.15) is 17.2 Å². The molecule has 0 saturated carbocycles. The van der Waals surface area contributed by atoms with Crippen molar-refractivity contribution in [2.75, 3.05) is 7.05 Å². The molecular formula is C10H11N3S. The standard InChI is InChI=1S/C10H11N3S/c1-11-10(9-3-5-14-7-9)8-2-4-12-13-6-8/h2-7,10-11H,1H3. The fourth-order valence-electron chi connectivity index (χ4n) is 1.44. The highest BCUT2D eigenvalue weighted by Gasteiger charge is 2.11. The molecule has 2 aromatic heterocycles. The fourth-order valence-corrected chi connectivity index (χ4v) is 2.12. The minimum Gasteiger partial charge on any atom is -0.309 e. The summed E-state index contributed by atoms with van der Waals surface area (Å²) in [5.41, 5.74) is 2.41. The van der Waals surface area contributed by atoms with Crippen LogP contribution >= 0.6 is 11.3 Å². The molecule has 0 aliphatic rings. The normalized spacial score (nSPS) is 12.6. The SMILES string of the molecule is CNC(c1ccnnc1)c1ccsc1. The lowest BCUT2D eigenvalue weighted by Gasteiger charge is -2.14. The van der Waals surface area contributed by atoms with Gasteiger partial charge in [0.15, 0.2) is 0 Å². The van der Waals surface area contributed by atoms with Gasteiger partial charge in [-0.2, -0.15) is 21.5 Å². The Kier molecular flexibility index (Phi) is 2.86. The first-order valence-electron chi connectivity index (χ1n) is 4.38. The van der Waals surface area contributed by atoms with E-state index in [-0.39, 0.29) is 6.04 Å². The zero-order valence-electron chi connectivity index (χ0n) is 7.84. The summed E-state index contributed by atoms with van der Waals surface area (Å²) in [4.78, 5) is 0. The van der Waals surface area contributed by atoms with Crippen LogP contribution in [0, 0.1) is 0 Å². The van der Waals surface area contributed by atoms with Gasteiger partial charge in [0.1, 0.15) is 0 Å². The third kappa shape index (κ3) is 1.81. The summed E-state index contributed by atoms with van der Waals surface area (Å²) >= 11 is 1.70. The van der Waals surface area contributed by atoms with Gasteiger partial charge in [0.2, 0.25) is 0 Å². The second-order valence-electron chi connectivity index (χ2n) is 2.95. The maximum absolute atomic E-state index is 3.88. The first-order valence-corrected chi connectivity index (χ1v) is 5.32. The Morgan fingerprint density at radius 1 is 1.29 bits per heavy atom. The lowest BCUT2D eigenvalue weighted by molar-refractivity contribution is 0.687. The minimum atomic E-state index is 0.219. The Balaban J connectivity index is 2.31. The van der Waals surface area contributed by atoms with Gasteiger partial charge in [-0.1, -0.05) is 0 Å².